The Morgan fingerprint density at radius 3 is 1.75 bits per heavy atom. The van der Waals surface area contributed by atoms with Crippen LogP contribution in [-0.4, -0.2) is 14.2 Å². The van der Waals surface area contributed by atoms with E-state index in [9.17, 15) is 10.5 Å². The highest BCUT2D eigenvalue weighted by atomic mass is 16.5. The quantitative estimate of drug-likeness (QED) is 0.300. The number of hydrogen-bond acceptors (Lipinski definition) is 5. The fourth-order valence-corrected chi connectivity index (χ4v) is 5.98. The number of nitriles is 2. The summed E-state index contributed by atoms with van der Waals surface area (Å²) in [5.74, 6) is 2.04. The summed E-state index contributed by atoms with van der Waals surface area (Å²) in [5.41, 5.74) is 7.86. The van der Waals surface area contributed by atoms with Crippen molar-refractivity contribution in [1.82, 2.24) is 0 Å². The number of nitrogens with zero attached hydrogens (tertiary/aromatic N) is 3. The lowest BCUT2D eigenvalue weighted by Gasteiger charge is -2.42. The number of methoxy groups -OCH3 is 2. The standard InChI is InChI=1S/C35H33N3O2/c1-35(2)21-27(28(22-36)23-37)20-26-19-25(7-18-34(26)35)24-5-8-29(9-6-24)38(30-10-14-32(39-3)15-11-30)31-12-16-33(40-4)17-13-31/h5-6,8-17,19-20,34H,7,18,21H2,1-4H3. The molecule has 1 atom stereocenters. The number of ether oxygens (including phenoxy) is 2. The van der Waals surface area contributed by atoms with Gasteiger partial charge >= 0.3 is 0 Å². The SMILES string of the molecule is COc1ccc(N(c2ccc(OC)cc2)c2ccc(C3=CC4=CC(=C(C#N)C#N)CC(C)(C)C4CC3)cc2)cc1. The van der Waals surface area contributed by atoms with Crippen molar-refractivity contribution in [1.29, 1.82) is 10.5 Å². The summed E-state index contributed by atoms with van der Waals surface area (Å²) in [7, 11) is 3.34. The van der Waals surface area contributed by atoms with Gasteiger partial charge in [0.15, 0.2) is 0 Å². The zero-order valence-electron chi connectivity index (χ0n) is 23.4. The van der Waals surface area contributed by atoms with Crippen molar-refractivity contribution < 1.29 is 9.47 Å². The molecule has 0 aliphatic heterocycles. The van der Waals surface area contributed by atoms with Gasteiger partial charge in [0.05, 0.1) is 14.2 Å². The van der Waals surface area contributed by atoms with E-state index in [0.29, 0.717) is 5.92 Å². The molecule has 0 N–H and O–H groups in total. The lowest BCUT2D eigenvalue weighted by atomic mass is 9.62. The summed E-state index contributed by atoms with van der Waals surface area (Å²) in [6.07, 6.45) is 7.16. The highest BCUT2D eigenvalue weighted by Gasteiger charge is 2.38. The van der Waals surface area contributed by atoms with E-state index in [-0.39, 0.29) is 11.0 Å². The summed E-state index contributed by atoms with van der Waals surface area (Å²) < 4.78 is 10.8. The second-order valence-electron chi connectivity index (χ2n) is 11.0. The molecule has 0 spiro atoms. The molecule has 0 radical (unpaired) electrons. The summed E-state index contributed by atoms with van der Waals surface area (Å²) in [4.78, 5) is 2.21. The Balaban J connectivity index is 1.50. The third kappa shape index (κ3) is 5.24. The van der Waals surface area contributed by atoms with Crippen molar-refractivity contribution in [3.05, 3.63) is 107 Å². The lowest BCUT2D eigenvalue weighted by molar-refractivity contribution is 0.227. The first-order valence-electron chi connectivity index (χ1n) is 13.5. The maximum atomic E-state index is 9.47. The Bertz CT molecular complexity index is 1500. The number of anilines is 3. The number of allylic oxidation sites excluding steroid dienone is 6. The van der Waals surface area contributed by atoms with Gasteiger partial charge in [-0.05, 0) is 114 Å². The molecule has 0 fully saturated rings. The van der Waals surface area contributed by atoms with Crippen LogP contribution in [0.1, 0.15) is 38.7 Å². The summed E-state index contributed by atoms with van der Waals surface area (Å²) >= 11 is 0. The maximum Gasteiger partial charge on any atom is 0.132 e. The Morgan fingerprint density at radius 2 is 1.27 bits per heavy atom. The molecular weight excluding hydrogens is 494 g/mol. The van der Waals surface area contributed by atoms with Crippen LogP contribution in [0.15, 0.2) is 102 Å². The molecule has 0 amide bonds. The van der Waals surface area contributed by atoms with E-state index < -0.39 is 0 Å². The Labute approximate surface area is 236 Å². The molecule has 0 saturated carbocycles. The first-order chi connectivity index (χ1) is 19.4. The number of fused-ring (bicyclic) bond motifs is 1. The number of rotatable bonds is 6. The zero-order chi connectivity index (χ0) is 28.3. The van der Waals surface area contributed by atoms with E-state index >= 15 is 0 Å². The first kappa shape index (κ1) is 26.9. The molecule has 0 bridgehead atoms. The van der Waals surface area contributed by atoms with Crippen molar-refractivity contribution in [2.45, 2.75) is 33.1 Å². The molecule has 2 aliphatic carbocycles. The minimum atomic E-state index is 0.00147. The molecule has 5 rings (SSSR count). The van der Waals surface area contributed by atoms with Crippen LogP contribution in [0.4, 0.5) is 17.1 Å². The van der Waals surface area contributed by atoms with Crippen LogP contribution in [0, 0.1) is 34.0 Å². The molecule has 0 saturated heterocycles. The molecule has 0 aromatic heterocycles. The van der Waals surface area contributed by atoms with Gasteiger partial charge in [0.1, 0.15) is 29.2 Å². The molecule has 3 aromatic carbocycles. The van der Waals surface area contributed by atoms with Gasteiger partial charge in [0, 0.05) is 17.1 Å². The predicted molar refractivity (Wildman–Crippen MR) is 160 cm³/mol. The lowest BCUT2D eigenvalue weighted by Crippen LogP contribution is -2.31. The van der Waals surface area contributed by atoms with Crippen molar-refractivity contribution in [2.24, 2.45) is 11.3 Å². The van der Waals surface area contributed by atoms with Gasteiger partial charge in [-0.15, -0.1) is 0 Å². The molecule has 0 heterocycles. The largest absolute Gasteiger partial charge is 0.497 e. The van der Waals surface area contributed by atoms with Crippen LogP contribution < -0.4 is 14.4 Å². The van der Waals surface area contributed by atoms with Gasteiger partial charge in [-0.3, -0.25) is 0 Å². The average molecular weight is 528 g/mol. The highest BCUT2D eigenvalue weighted by Crippen LogP contribution is 2.50. The van der Waals surface area contributed by atoms with E-state index in [4.69, 9.17) is 9.47 Å². The average Bonchev–Trinajstić information content (AvgIpc) is 2.98. The molecule has 200 valence electrons. The van der Waals surface area contributed by atoms with E-state index in [1.165, 1.54) is 16.7 Å². The molecule has 5 heteroatoms. The van der Waals surface area contributed by atoms with E-state index in [1.54, 1.807) is 14.2 Å². The fourth-order valence-electron chi connectivity index (χ4n) is 5.98. The topological polar surface area (TPSA) is 69.3 Å². The van der Waals surface area contributed by atoms with E-state index in [1.807, 2.05) is 24.3 Å². The van der Waals surface area contributed by atoms with Crippen LogP contribution in [-0.2, 0) is 0 Å². The van der Waals surface area contributed by atoms with Gasteiger partial charge < -0.3 is 14.4 Å². The third-order valence-electron chi connectivity index (χ3n) is 8.08. The van der Waals surface area contributed by atoms with Gasteiger partial charge in [-0.25, -0.2) is 0 Å². The summed E-state index contributed by atoms with van der Waals surface area (Å²) in [6, 6.07) is 29.0. The van der Waals surface area contributed by atoms with Crippen molar-refractivity contribution >= 4 is 22.6 Å². The van der Waals surface area contributed by atoms with Crippen molar-refractivity contribution in [3.63, 3.8) is 0 Å². The molecule has 5 nitrogen and oxygen atoms in total. The molecule has 2 aliphatic rings. The Kier molecular flexibility index (Phi) is 7.50. The zero-order valence-corrected chi connectivity index (χ0v) is 23.4. The smallest absolute Gasteiger partial charge is 0.132 e. The third-order valence-corrected chi connectivity index (χ3v) is 8.08. The van der Waals surface area contributed by atoms with E-state index in [2.05, 4.69) is 91.6 Å². The Hall–Kier alpha value is -4.74. The molecule has 40 heavy (non-hydrogen) atoms. The highest BCUT2D eigenvalue weighted by molar-refractivity contribution is 5.79. The van der Waals surface area contributed by atoms with Gasteiger partial charge in [0.2, 0.25) is 0 Å². The van der Waals surface area contributed by atoms with Crippen LogP contribution in [0.2, 0.25) is 0 Å². The monoisotopic (exact) mass is 527 g/mol. The fraction of sp³-hybridized carbons (Fsp3) is 0.257. The second-order valence-corrected chi connectivity index (χ2v) is 11.0. The first-order valence-corrected chi connectivity index (χ1v) is 13.5. The predicted octanol–water partition coefficient (Wildman–Crippen LogP) is 8.67. The van der Waals surface area contributed by atoms with Gasteiger partial charge in [-0.1, -0.05) is 38.1 Å². The van der Waals surface area contributed by atoms with Crippen LogP contribution >= 0.6 is 0 Å². The van der Waals surface area contributed by atoms with Crippen LogP contribution in [0.25, 0.3) is 5.57 Å². The number of hydrogen-bond donors (Lipinski definition) is 0. The molecule has 1 unspecified atom stereocenters. The number of benzene rings is 3. The Morgan fingerprint density at radius 1 is 0.775 bits per heavy atom. The minimum Gasteiger partial charge on any atom is -0.497 e. The summed E-state index contributed by atoms with van der Waals surface area (Å²) in [6.45, 7) is 4.50. The maximum absolute atomic E-state index is 9.47. The summed E-state index contributed by atoms with van der Waals surface area (Å²) in [5, 5.41) is 18.9. The molecular formula is C35H33N3O2. The van der Waals surface area contributed by atoms with E-state index in [0.717, 1.165) is 53.4 Å². The molecule has 3 aromatic rings. The van der Waals surface area contributed by atoms with Crippen LogP contribution in [0.5, 0.6) is 11.5 Å². The minimum absolute atomic E-state index is 0.00147. The second kappa shape index (κ2) is 11.2. The van der Waals surface area contributed by atoms with Crippen molar-refractivity contribution in [3.8, 4) is 23.6 Å². The van der Waals surface area contributed by atoms with Gasteiger partial charge in [0.25, 0.3) is 0 Å². The van der Waals surface area contributed by atoms with Crippen molar-refractivity contribution in [2.75, 3.05) is 19.1 Å². The van der Waals surface area contributed by atoms with Gasteiger partial charge in [-0.2, -0.15) is 10.5 Å². The van der Waals surface area contributed by atoms with Crippen LogP contribution in [0.3, 0.4) is 0 Å². The normalized spacial score (nSPS) is 17.4.